The van der Waals surface area contributed by atoms with Crippen molar-refractivity contribution in [2.24, 2.45) is 0 Å². The van der Waals surface area contributed by atoms with E-state index >= 15 is 0 Å². The van der Waals surface area contributed by atoms with E-state index in [2.05, 4.69) is 13.8 Å². The Morgan fingerprint density at radius 3 is 2.00 bits per heavy atom. The molecule has 2 aromatic rings. The summed E-state index contributed by atoms with van der Waals surface area (Å²) in [5.41, 5.74) is 0.229. The summed E-state index contributed by atoms with van der Waals surface area (Å²) < 4.78 is 37.3. The van der Waals surface area contributed by atoms with Gasteiger partial charge < -0.3 is 0 Å². The lowest BCUT2D eigenvalue weighted by Gasteiger charge is -2.06. The molecule has 0 aliphatic heterocycles. The molecule has 2 rings (SSSR count). The molecule has 0 radical (unpaired) electrons. The molecule has 0 atom stereocenters. The van der Waals surface area contributed by atoms with Crippen LogP contribution in [0.3, 0.4) is 0 Å². The van der Waals surface area contributed by atoms with E-state index in [1.165, 1.54) is 17.0 Å². The van der Waals surface area contributed by atoms with Crippen LogP contribution >= 0.6 is 11.3 Å². The fourth-order valence-corrected chi connectivity index (χ4v) is 2.66. The number of hydrogen-bond acceptors (Lipinski definition) is 1. The van der Waals surface area contributed by atoms with Crippen molar-refractivity contribution in [2.45, 2.75) is 25.9 Å². The smallest absolute Gasteiger partial charge is 0.166 e. The van der Waals surface area contributed by atoms with Gasteiger partial charge in [-0.25, -0.2) is 0 Å². The number of rotatable bonds is 2. The summed E-state index contributed by atoms with van der Waals surface area (Å²) in [6, 6.07) is 9.30. The number of halogens is 3. The van der Waals surface area contributed by atoms with E-state index in [4.69, 9.17) is 0 Å². The van der Waals surface area contributed by atoms with Crippen molar-refractivity contribution in [2.75, 3.05) is 0 Å². The minimum atomic E-state index is -4.27. The van der Waals surface area contributed by atoms with Gasteiger partial charge in [0.2, 0.25) is 0 Å². The van der Waals surface area contributed by atoms with Crippen LogP contribution in [0.25, 0.3) is 10.4 Å². The quantitative estimate of drug-likeness (QED) is 0.670. The maximum atomic E-state index is 12.4. The summed E-state index contributed by atoms with van der Waals surface area (Å²) in [6.07, 6.45) is -4.27. The Kier molecular flexibility index (Phi) is 3.48. The minimum absolute atomic E-state index is 0.443. The second-order valence-corrected chi connectivity index (χ2v) is 5.55. The Labute approximate surface area is 108 Å². The second-order valence-electron chi connectivity index (χ2n) is 4.43. The predicted octanol–water partition coefficient (Wildman–Crippen LogP) is 5.56. The van der Waals surface area contributed by atoms with Gasteiger partial charge in [0, 0.05) is 9.75 Å². The van der Waals surface area contributed by atoms with E-state index < -0.39 is 11.7 Å². The van der Waals surface area contributed by atoms with Crippen LogP contribution in [0.4, 0.5) is 13.2 Å². The van der Waals surface area contributed by atoms with Crippen LogP contribution in [0.5, 0.6) is 0 Å². The first kappa shape index (κ1) is 13.1. The van der Waals surface area contributed by atoms with Crippen molar-refractivity contribution < 1.29 is 13.2 Å². The van der Waals surface area contributed by atoms with Gasteiger partial charge in [0.05, 0.1) is 5.56 Å². The molecule has 0 nitrogen and oxygen atoms in total. The predicted molar refractivity (Wildman–Crippen MR) is 68.8 cm³/mol. The molecule has 0 aliphatic rings. The lowest BCUT2D eigenvalue weighted by atomic mass is 10.1. The zero-order valence-electron chi connectivity index (χ0n) is 10.1. The third kappa shape index (κ3) is 2.75. The summed E-state index contributed by atoms with van der Waals surface area (Å²) in [6.45, 7) is 4.20. The first-order chi connectivity index (χ1) is 8.38. The van der Waals surface area contributed by atoms with Gasteiger partial charge >= 0.3 is 6.18 Å². The number of alkyl halides is 3. The Bertz CT molecular complexity index is 521. The lowest BCUT2D eigenvalue weighted by Crippen LogP contribution is -2.03. The molecular weight excluding hydrogens is 257 g/mol. The van der Waals surface area contributed by atoms with Gasteiger partial charge in [-0.1, -0.05) is 26.0 Å². The summed E-state index contributed by atoms with van der Waals surface area (Å²) in [5.74, 6) is 0.443. The highest BCUT2D eigenvalue weighted by atomic mass is 32.1. The van der Waals surface area contributed by atoms with Gasteiger partial charge in [-0.15, -0.1) is 11.3 Å². The van der Waals surface area contributed by atoms with E-state index in [-0.39, 0.29) is 0 Å². The maximum Gasteiger partial charge on any atom is 0.416 e. The highest BCUT2D eigenvalue weighted by Crippen LogP contribution is 2.34. The fraction of sp³-hybridized carbons (Fsp3) is 0.286. The number of thiophene rings is 1. The Morgan fingerprint density at radius 2 is 1.56 bits per heavy atom. The molecule has 0 fully saturated rings. The van der Waals surface area contributed by atoms with Crippen LogP contribution in [-0.2, 0) is 6.18 Å². The summed E-state index contributed by atoms with van der Waals surface area (Å²) in [5, 5.41) is 0. The van der Waals surface area contributed by atoms with Gasteiger partial charge in [-0.05, 0) is 35.7 Å². The zero-order valence-corrected chi connectivity index (χ0v) is 10.9. The van der Waals surface area contributed by atoms with Crippen molar-refractivity contribution in [1.82, 2.24) is 0 Å². The zero-order chi connectivity index (χ0) is 13.3. The van der Waals surface area contributed by atoms with Crippen LogP contribution in [0.2, 0.25) is 0 Å². The molecule has 1 aromatic heterocycles. The summed E-state index contributed by atoms with van der Waals surface area (Å²) in [7, 11) is 0. The molecule has 0 N–H and O–H groups in total. The molecule has 4 heteroatoms. The standard InChI is InChI=1S/C14H13F3S/c1-9(2)12-7-8-13(18-12)10-3-5-11(6-4-10)14(15,16)17/h3-9H,1-2H3. The molecule has 1 heterocycles. The largest absolute Gasteiger partial charge is 0.416 e. The van der Waals surface area contributed by atoms with E-state index in [0.29, 0.717) is 5.92 Å². The highest BCUT2D eigenvalue weighted by molar-refractivity contribution is 7.15. The Hall–Kier alpha value is -1.29. The summed E-state index contributed by atoms with van der Waals surface area (Å²) >= 11 is 1.63. The minimum Gasteiger partial charge on any atom is -0.166 e. The molecule has 0 bridgehead atoms. The molecule has 18 heavy (non-hydrogen) atoms. The molecule has 96 valence electrons. The molecule has 0 saturated carbocycles. The average molecular weight is 270 g/mol. The van der Waals surface area contributed by atoms with Gasteiger partial charge in [0.15, 0.2) is 0 Å². The highest BCUT2D eigenvalue weighted by Gasteiger charge is 2.29. The normalized spacial score (nSPS) is 12.1. The van der Waals surface area contributed by atoms with E-state index in [1.807, 2.05) is 12.1 Å². The van der Waals surface area contributed by atoms with Gasteiger partial charge in [0.1, 0.15) is 0 Å². The van der Waals surface area contributed by atoms with Gasteiger partial charge in [0.25, 0.3) is 0 Å². The van der Waals surface area contributed by atoms with E-state index in [0.717, 1.165) is 22.6 Å². The molecule has 0 amide bonds. The average Bonchev–Trinajstić information content (AvgIpc) is 2.77. The SMILES string of the molecule is CC(C)c1ccc(-c2ccc(C(F)(F)F)cc2)s1. The van der Waals surface area contributed by atoms with Crippen molar-refractivity contribution in [3.05, 3.63) is 46.8 Å². The second kappa shape index (κ2) is 4.76. The van der Waals surface area contributed by atoms with Crippen molar-refractivity contribution in [1.29, 1.82) is 0 Å². The van der Waals surface area contributed by atoms with Crippen molar-refractivity contribution in [3.8, 4) is 10.4 Å². The maximum absolute atomic E-state index is 12.4. The topological polar surface area (TPSA) is 0 Å². The van der Waals surface area contributed by atoms with Gasteiger partial charge in [-0.3, -0.25) is 0 Å². The molecule has 0 spiro atoms. The Morgan fingerprint density at radius 1 is 0.944 bits per heavy atom. The van der Waals surface area contributed by atoms with E-state index in [1.54, 1.807) is 11.3 Å². The van der Waals surface area contributed by atoms with Crippen LogP contribution in [-0.4, -0.2) is 0 Å². The molecular formula is C14H13F3S. The van der Waals surface area contributed by atoms with Gasteiger partial charge in [-0.2, -0.15) is 13.2 Å². The van der Waals surface area contributed by atoms with Crippen molar-refractivity contribution in [3.63, 3.8) is 0 Å². The third-order valence-corrected chi connectivity index (χ3v) is 4.13. The molecule has 0 aliphatic carbocycles. The molecule has 0 unspecified atom stereocenters. The lowest BCUT2D eigenvalue weighted by molar-refractivity contribution is -0.137. The molecule has 1 aromatic carbocycles. The van der Waals surface area contributed by atoms with Crippen LogP contribution < -0.4 is 0 Å². The number of benzene rings is 1. The Balaban J connectivity index is 2.29. The van der Waals surface area contributed by atoms with Crippen LogP contribution in [0.15, 0.2) is 36.4 Å². The first-order valence-corrected chi connectivity index (χ1v) is 6.47. The fourth-order valence-electron chi connectivity index (χ4n) is 1.64. The molecule has 0 saturated heterocycles. The summed E-state index contributed by atoms with van der Waals surface area (Å²) in [4.78, 5) is 2.25. The number of hydrogen-bond donors (Lipinski definition) is 0. The van der Waals surface area contributed by atoms with Crippen LogP contribution in [0, 0.1) is 0 Å². The van der Waals surface area contributed by atoms with Crippen molar-refractivity contribution >= 4 is 11.3 Å². The van der Waals surface area contributed by atoms with Crippen LogP contribution in [0.1, 0.15) is 30.2 Å². The third-order valence-electron chi connectivity index (χ3n) is 2.69. The first-order valence-electron chi connectivity index (χ1n) is 5.65. The monoisotopic (exact) mass is 270 g/mol. The van der Waals surface area contributed by atoms with E-state index in [9.17, 15) is 13.2 Å².